The highest BCUT2D eigenvalue weighted by molar-refractivity contribution is 6.08. The minimum absolute atomic E-state index is 0.112. The van der Waals surface area contributed by atoms with Gasteiger partial charge in [-0.25, -0.2) is 4.99 Å². The molecular weight excluding hydrogens is 254 g/mol. The molecule has 1 aliphatic carbocycles. The van der Waals surface area contributed by atoms with Crippen molar-refractivity contribution < 1.29 is 9.53 Å². The number of aliphatic imine (C=N–C) groups is 1. The van der Waals surface area contributed by atoms with Crippen molar-refractivity contribution in [3.8, 4) is 5.75 Å². The molecule has 2 N–H and O–H groups in total. The lowest BCUT2D eigenvalue weighted by molar-refractivity contribution is 0.0781. The first-order valence-electron chi connectivity index (χ1n) is 7.02. The van der Waals surface area contributed by atoms with Crippen LogP contribution in [0.4, 0.5) is 0 Å². The predicted octanol–water partition coefficient (Wildman–Crippen LogP) is 1.78. The highest BCUT2D eigenvalue weighted by atomic mass is 16.5. The van der Waals surface area contributed by atoms with E-state index in [9.17, 15) is 4.79 Å². The largest absolute Gasteiger partial charge is 0.496 e. The number of ether oxygens (including phenoxy) is 1. The van der Waals surface area contributed by atoms with E-state index in [0.29, 0.717) is 17.3 Å². The fourth-order valence-corrected chi connectivity index (χ4v) is 3.15. The van der Waals surface area contributed by atoms with Gasteiger partial charge in [0.15, 0.2) is 5.96 Å². The highest BCUT2D eigenvalue weighted by Crippen LogP contribution is 2.32. The highest BCUT2D eigenvalue weighted by Gasteiger charge is 2.40. The zero-order valence-electron chi connectivity index (χ0n) is 11.6. The van der Waals surface area contributed by atoms with Crippen LogP contribution < -0.4 is 10.5 Å². The number of carbonyl (C=O) groups is 1. The van der Waals surface area contributed by atoms with Gasteiger partial charge in [0.05, 0.1) is 24.8 Å². The van der Waals surface area contributed by atoms with Crippen LogP contribution in [0.5, 0.6) is 5.75 Å². The molecule has 1 fully saturated rings. The number of guanidine groups is 1. The van der Waals surface area contributed by atoms with Crippen molar-refractivity contribution in [1.29, 1.82) is 0 Å². The van der Waals surface area contributed by atoms with E-state index >= 15 is 0 Å². The van der Waals surface area contributed by atoms with Crippen molar-refractivity contribution in [2.75, 3.05) is 7.11 Å². The summed E-state index contributed by atoms with van der Waals surface area (Å²) in [4.78, 5) is 18.9. The van der Waals surface area contributed by atoms with Crippen molar-refractivity contribution in [3.05, 3.63) is 29.8 Å². The van der Waals surface area contributed by atoms with Gasteiger partial charge in [0.25, 0.3) is 5.91 Å². The third-order valence-electron chi connectivity index (χ3n) is 4.13. The molecule has 1 heterocycles. The number of para-hydroxylation sites is 1. The number of methoxy groups -OCH3 is 1. The number of hydrogen-bond acceptors (Lipinski definition) is 4. The molecule has 1 aliphatic heterocycles. The number of hydrogen-bond donors (Lipinski definition) is 1. The normalized spacial score (nSPS) is 25.1. The molecule has 3 rings (SSSR count). The van der Waals surface area contributed by atoms with Crippen molar-refractivity contribution in [2.24, 2.45) is 10.7 Å². The monoisotopic (exact) mass is 273 g/mol. The molecule has 1 amide bonds. The fourth-order valence-electron chi connectivity index (χ4n) is 3.15. The number of fused-ring (bicyclic) bond motifs is 1. The predicted molar refractivity (Wildman–Crippen MR) is 76.8 cm³/mol. The second kappa shape index (κ2) is 5.15. The Labute approximate surface area is 118 Å². The van der Waals surface area contributed by atoms with Gasteiger partial charge in [-0.1, -0.05) is 25.0 Å². The first kappa shape index (κ1) is 13.0. The van der Waals surface area contributed by atoms with Gasteiger partial charge in [-0.3, -0.25) is 9.69 Å². The van der Waals surface area contributed by atoms with Crippen LogP contribution in [-0.4, -0.2) is 36.0 Å². The molecule has 1 aromatic carbocycles. The number of rotatable bonds is 2. The second-order valence-electron chi connectivity index (χ2n) is 5.28. The van der Waals surface area contributed by atoms with E-state index in [2.05, 4.69) is 4.99 Å². The fraction of sp³-hybridized carbons (Fsp3) is 0.467. The quantitative estimate of drug-likeness (QED) is 0.893. The standard InChI is InChI=1S/C15H19N3O2/c1-20-13-9-5-2-6-10(13)14(19)18-12-8-4-3-7-11(12)17-15(18)16/h2,5-6,9,11-12H,3-4,7-8H2,1H3,(H2,16,17). The summed E-state index contributed by atoms with van der Waals surface area (Å²) in [6.45, 7) is 0. The van der Waals surface area contributed by atoms with Crippen LogP contribution in [0, 0.1) is 0 Å². The van der Waals surface area contributed by atoms with E-state index in [1.165, 1.54) is 0 Å². The summed E-state index contributed by atoms with van der Waals surface area (Å²) in [5, 5.41) is 0. The molecule has 0 spiro atoms. The summed E-state index contributed by atoms with van der Waals surface area (Å²) in [5.41, 5.74) is 6.52. The first-order chi connectivity index (χ1) is 9.72. The molecule has 0 aromatic heterocycles. The zero-order valence-corrected chi connectivity index (χ0v) is 11.6. The Morgan fingerprint density at radius 2 is 2.10 bits per heavy atom. The molecule has 2 atom stereocenters. The van der Waals surface area contributed by atoms with Crippen LogP contribution >= 0.6 is 0 Å². The van der Waals surface area contributed by atoms with Crippen molar-refractivity contribution in [1.82, 2.24) is 4.90 Å². The van der Waals surface area contributed by atoms with Crippen LogP contribution in [0.25, 0.3) is 0 Å². The Morgan fingerprint density at radius 3 is 2.90 bits per heavy atom. The van der Waals surface area contributed by atoms with E-state index in [4.69, 9.17) is 10.5 Å². The molecule has 5 nitrogen and oxygen atoms in total. The summed E-state index contributed by atoms with van der Waals surface area (Å²) >= 11 is 0. The van der Waals surface area contributed by atoms with E-state index < -0.39 is 0 Å². The minimum Gasteiger partial charge on any atom is -0.496 e. The summed E-state index contributed by atoms with van der Waals surface area (Å²) in [6.07, 6.45) is 4.27. The Morgan fingerprint density at radius 1 is 1.35 bits per heavy atom. The number of carbonyl (C=O) groups excluding carboxylic acids is 1. The number of amides is 1. The molecule has 20 heavy (non-hydrogen) atoms. The lowest BCUT2D eigenvalue weighted by Crippen LogP contribution is -2.47. The Balaban J connectivity index is 1.92. The lowest BCUT2D eigenvalue weighted by Gasteiger charge is -2.30. The Bertz CT molecular complexity index is 556. The van der Waals surface area contributed by atoms with Gasteiger partial charge in [-0.2, -0.15) is 0 Å². The van der Waals surface area contributed by atoms with Gasteiger partial charge in [-0.05, 0) is 25.0 Å². The molecule has 2 aliphatic rings. The van der Waals surface area contributed by atoms with Crippen LogP contribution in [0.2, 0.25) is 0 Å². The number of nitrogens with zero attached hydrogens (tertiary/aromatic N) is 2. The summed E-state index contributed by atoms with van der Waals surface area (Å²) < 4.78 is 5.27. The third-order valence-corrected chi connectivity index (χ3v) is 4.13. The van der Waals surface area contributed by atoms with Gasteiger partial charge in [-0.15, -0.1) is 0 Å². The van der Waals surface area contributed by atoms with Crippen LogP contribution in [0.3, 0.4) is 0 Å². The number of nitrogens with two attached hydrogens (primary N) is 1. The first-order valence-corrected chi connectivity index (χ1v) is 7.02. The molecule has 5 heteroatoms. The zero-order chi connectivity index (χ0) is 14.1. The van der Waals surface area contributed by atoms with Gasteiger partial charge < -0.3 is 10.5 Å². The maximum atomic E-state index is 12.8. The molecular formula is C15H19N3O2. The third kappa shape index (κ3) is 2.03. The van der Waals surface area contributed by atoms with E-state index in [1.807, 2.05) is 12.1 Å². The van der Waals surface area contributed by atoms with E-state index in [0.717, 1.165) is 25.7 Å². The maximum Gasteiger partial charge on any atom is 0.264 e. The number of benzene rings is 1. The van der Waals surface area contributed by atoms with Crippen molar-refractivity contribution in [3.63, 3.8) is 0 Å². The van der Waals surface area contributed by atoms with E-state index in [1.54, 1.807) is 24.1 Å². The van der Waals surface area contributed by atoms with Crippen LogP contribution in [0.15, 0.2) is 29.3 Å². The SMILES string of the molecule is COc1ccccc1C(=O)N1C(N)=NC2CCCCC21. The second-order valence-corrected chi connectivity index (χ2v) is 5.28. The Hall–Kier alpha value is -2.04. The van der Waals surface area contributed by atoms with Crippen LogP contribution in [-0.2, 0) is 0 Å². The molecule has 1 saturated carbocycles. The maximum absolute atomic E-state index is 12.8. The van der Waals surface area contributed by atoms with Crippen LogP contribution in [0.1, 0.15) is 36.0 Å². The average molecular weight is 273 g/mol. The summed E-state index contributed by atoms with van der Waals surface area (Å²) in [7, 11) is 1.57. The van der Waals surface area contributed by atoms with Gasteiger partial charge in [0, 0.05) is 0 Å². The average Bonchev–Trinajstić information content (AvgIpc) is 2.82. The summed E-state index contributed by atoms with van der Waals surface area (Å²) in [5.74, 6) is 0.806. The molecule has 2 unspecified atom stereocenters. The van der Waals surface area contributed by atoms with Crippen molar-refractivity contribution in [2.45, 2.75) is 37.8 Å². The minimum atomic E-state index is -0.113. The molecule has 0 saturated heterocycles. The Kier molecular flexibility index (Phi) is 3.34. The molecule has 106 valence electrons. The molecule has 0 bridgehead atoms. The topological polar surface area (TPSA) is 67.9 Å². The molecule has 1 aromatic rings. The van der Waals surface area contributed by atoms with Gasteiger partial charge >= 0.3 is 0 Å². The van der Waals surface area contributed by atoms with Gasteiger partial charge in [0.2, 0.25) is 0 Å². The van der Waals surface area contributed by atoms with Gasteiger partial charge in [0.1, 0.15) is 5.75 Å². The van der Waals surface area contributed by atoms with E-state index in [-0.39, 0.29) is 18.0 Å². The lowest BCUT2D eigenvalue weighted by atomic mass is 9.90. The smallest absolute Gasteiger partial charge is 0.264 e. The van der Waals surface area contributed by atoms with Crippen molar-refractivity contribution >= 4 is 11.9 Å². The molecule has 0 radical (unpaired) electrons. The summed E-state index contributed by atoms with van der Waals surface area (Å²) in [6, 6.07) is 7.51.